The lowest BCUT2D eigenvalue weighted by atomic mass is 10.1. The fourth-order valence-corrected chi connectivity index (χ4v) is 7.14. The second kappa shape index (κ2) is 10.8. The van der Waals surface area contributed by atoms with Gasteiger partial charge in [0.2, 0.25) is 5.95 Å². The number of aromatic nitrogens is 8. The number of aliphatic hydroxyl groups excluding tert-OH is 2. The van der Waals surface area contributed by atoms with Crippen molar-refractivity contribution in [1.29, 1.82) is 0 Å². The normalized spacial score (nSPS) is 37.7. The van der Waals surface area contributed by atoms with E-state index in [1.54, 1.807) is 0 Å². The highest BCUT2D eigenvalue weighted by Crippen LogP contribution is 2.53. The maximum atomic E-state index is 13.2. The molecule has 7 rings (SSSR count). The average Bonchev–Trinajstić information content (AvgIpc) is 3.72. The Kier molecular flexibility index (Phi) is 7.27. The highest BCUT2D eigenvalue weighted by molar-refractivity contribution is 7.47. The number of fused-ring (bicyclic) bond motifs is 6. The zero-order valence-corrected chi connectivity index (χ0v) is 24.2. The van der Waals surface area contributed by atoms with E-state index in [2.05, 4.69) is 29.9 Å². The Balaban J connectivity index is 1.23. The predicted molar refractivity (Wildman–Crippen MR) is 143 cm³/mol. The van der Waals surface area contributed by atoms with Gasteiger partial charge in [-0.1, -0.05) is 0 Å². The van der Waals surface area contributed by atoms with Crippen molar-refractivity contribution < 1.29 is 56.7 Å². The Morgan fingerprint density at radius 2 is 1.36 bits per heavy atom. The van der Waals surface area contributed by atoms with E-state index in [4.69, 9.17) is 39.0 Å². The standard InChI is InChI=1S/C20H24N10O13P2/c21-14-8-15(24-3-23-14)29(4-25-8)18-12-10(31)6(40-18)1-38-45(36,37)43-13-11(32)7(2-39-44(34,35)42-12)41-19(13)30-5-26-9-16(30)27-20(22)28-17(9)33/h3-7,10-13,18-19,31-32H,1-2H2,(H,34,35)(H,36,37)(H2,21,23,24)(H3,22,27,28,33)/t6-,7-,10?,11?,12?,13?,18-,19-/m1/s1. The summed E-state index contributed by atoms with van der Waals surface area (Å²) in [7, 11) is -10.2. The number of ether oxygens (including phenoxy) is 2. The Bertz CT molecular complexity index is 1940. The van der Waals surface area contributed by atoms with Crippen LogP contribution in [0.25, 0.3) is 22.3 Å². The predicted octanol–water partition coefficient (Wildman–Crippen LogP) is -2.34. The van der Waals surface area contributed by atoms with Crippen LogP contribution in [0, 0.1) is 0 Å². The number of nitrogens with one attached hydrogen (secondary N) is 1. The summed E-state index contributed by atoms with van der Waals surface area (Å²) in [5.74, 6) is -0.270. The first-order valence-corrected chi connectivity index (χ1v) is 15.9. The minimum Gasteiger partial charge on any atom is -0.387 e. The highest BCUT2D eigenvalue weighted by atomic mass is 31.2. The molecule has 10 atom stereocenters. The van der Waals surface area contributed by atoms with Crippen molar-refractivity contribution in [2.24, 2.45) is 0 Å². The molecule has 4 aromatic heterocycles. The molecule has 3 saturated heterocycles. The van der Waals surface area contributed by atoms with Gasteiger partial charge in [-0.15, -0.1) is 0 Å². The molecule has 0 radical (unpaired) electrons. The number of aliphatic hydroxyl groups is 2. The lowest BCUT2D eigenvalue weighted by Crippen LogP contribution is -2.38. The molecule has 3 aliphatic rings. The van der Waals surface area contributed by atoms with E-state index in [1.165, 1.54) is 10.9 Å². The molecular formula is C20H24N10O13P2. The van der Waals surface area contributed by atoms with Crippen LogP contribution >= 0.6 is 15.6 Å². The van der Waals surface area contributed by atoms with Gasteiger partial charge in [0.1, 0.15) is 48.5 Å². The topological polar surface area (TPSA) is 330 Å². The first-order valence-electron chi connectivity index (χ1n) is 13.0. The van der Waals surface area contributed by atoms with Gasteiger partial charge in [0, 0.05) is 0 Å². The van der Waals surface area contributed by atoms with Crippen LogP contribution < -0.4 is 17.0 Å². The third-order valence-corrected chi connectivity index (χ3v) is 9.30. The lowest BCUT2D eigenvalue weighted by molar-refractivity contribution is -0.0675. The number of hydrogen-bond acceptors (Lipinski definition) is 18. The number of H-pyrrole nitrogens is 1. The van der Waals surface area contributed by atoms with Crippen molar-refractivity contribution >= 4 is 49.7 Å². The van der Waals surface area contributed by atoms with Crippen LogP contribution in [0.4, 0.5) is 11.8 Å². The Labute approximate surface area is 248 Å². The van der Waals surface area contributed by atoms with Gasteiger partial charge >= 0.3 is 15.6 Å². The Hall–Kier alpha value is -3.44. The number of nitrogen functional groups attached to an aromatic ring is 2. The second-order valence-electron chi connectivity index (χ2n) is 10.1. The largest absolute Gasteiger partial charge is 0.472 e. The molecule has 3 fully saturated rings. The second-order valence-corrected chi connectivity index (χ2v) is 13.0. The molecule has 242 valence electrons. The van der Waals surface area contributed by atoms with Crippen LogP contribution in [0.3, 0.4) is 0 Å². The lowest BCUT2D eigenvalue weighted by Gasteiger charge is -2.26. The number of rotatable bonds is 2. The summed E-state index contributed by atoms with van der Waals surface area (Å²) in [6, 6.07) is 0. The highest BCUT2D eigenvalue weighted by Gasteiger charge is 2.54. The van der Waals surface area contributed by atoms with Gasteiger partial charge in [-0.25, -0.2) is 29.1 Å². The number of anilines is 2. The third kappa shape index (κ3) is 5.31. The van der Waals surface area contributed by atoms with Crippen molar-refractivity contribution in [3.05, 3.63) is 29.3 Å². The van der Waals surface area contributed by atoms with E-state index >= 15 is 0 Å². The molecule has 4 aromatic rings. The molecule has 9 N–H and O–H groups in total. The van der Waals surface area contributed by atoms with Gasteiger partial charge < -0.3 is 40.9 Å². The van der Waals surface area contributed by atoms with Crippen LogP contribution in [0.5, 0.6) is 0 Å². The van der Waals surface area contributed by atoms with Crippen molar-refractivity contribution in [1.82, 2.24) is 39.0 Å². The third-order valence-electron chi connectivity index (χ3n) is 7.33. The fourth-order valence-electron chi connectivity index (χ4n) is 5.28. The van der Waals surface area contributed by atoms with E-state index in [0.717, 1.165) is 17.2 Å². The number of phosphoric acid groups is 2. The molecule has 25 heteroatoms. The molecule has 0 spiro atoms. The monoisotopic (exact) mass is 674 g/mol. The quantitative estimate of drug-likeness (QED) is 0.109. The SMILES string of the molecule is Nc1nc2c(ncn2[C@@H]2O[C@@H]3COP(=O)(O)OC4C(O)[C@@H](COP(=O)(O)OC2C3O)O[C@H]4n2cnc3c(N)ncnc32)c(=O)[nH]1. The fraction of sp³-hybridized carbons (Fsp3) is 0.500. The Morgan fingerprint density at radius 3 is 1.93 bits per heavy atom. The first-order chi connectivity index (χ1) is 21.3. The van der Waals surface area contributed by atoms with E-state index in [9.17, 15) is 33.9 Å². The van der Waals surface area contributed by atoms with Crippen LogP contribution in [0.1, 0.15) is 12.5 Å². The first kappa shape index (κ1) is 30.2. The van der Waals surface area contributed by atoms with Crippen LogP contribution in [-0.2, 0) is 36.7 Å². The summed E-state index contributed by atoms with van der Waals surface area (Å²) in [5, 5.41) is 22.1. The smallest absolute Gasteiger partial charge is 0.387 e. The molecule has 0 saturated carbocycles. The zero-order valence-electron chi connectivity index (χ0n) is 22.4. The number of phosphoric ester groups is 2. The molecule has 0 amide bonds. The number of nitrogens with zero attached hydrogens (tertiary/aromatic N) is 7. The summed E-state index contributed by atoms with van der Waals surface area (Å²) < 4.78 is 61.2. The van der Waals surface area contributed by atoms with Crippen LogP contribution in [0.2, 0.25) is 0 Å². The summed E-state index contributed by atoms with van der Waals surface area (Å²) >= 11 is 0. The molecular weight excluding hydrogens is 650 g/mol. The number of imidazole rings is 2. The van der Waals surface area contributed by atoms with Crippen LogP contribution in [-0.4, -0.2) is 109 Å². The average molecular weight is 674 g/mol. The minimum absolute atomic E-state index is 0.0178. The van der Waals surface area contributed by atoms with Gasteiger partial charge in [0.05, 0.1) is 25.9 Å². The summed E-state index contributed by atoms with van der Waals surface area (Å²) in [6.45, 7) is -1.65. The van der Waals surface area contributed by atoms with Gasteiger partial charge in [-0.3, -0.25) is 37.0 Å². The molecule has 23 nitrogen and oxygen atoms in total. The maximum Gasteiger partial charge on any atom is 0.472 e. The summed E-state index contributed by atoms with van der Waals surface area (Å²) in [4.78, 5) is 55.8. The molecule has 0 aromatic carbocycles. The number of aromatic amines is 1. The number of hydrogen-bond donors (Lipinski definition) is 7. The van der Waals surface area contributed by atoms with E-state index in [0.29, 0.717) is 0 Å². The molecule has 45 heavy (non-hydrogen) atoms. The van der Waals surface area contributed by atoms with Crippen LogP contribution in [0.15, 0.2) is 23.8 Å². The molecule has 3 aliphatic heterocycles. The molecule has 6 unspecified atom stereocenters. The van der Waals surface area contributed by atoms with Crippen molar-refractivity contribution in [3.8, 4) is 0 Å². The van der Waals surface area contributed by atoms with E-state index < -0.39 is 83.5 Å². The van der Waals surface area contributed by atoms with Gasteiger partial charge in [-0.05, 0) is 0 Å². The van der Waals surface area contributed by atoms with Gasteiger partial charge in [0.15, 0.2) is 35.1 Å². The molecule has 7 heterocycles. The molecule has 0 aliphatic carbocycles. The van der Waals surface area contributed by atoms with E-state index in [1.807, 2.05) is 0 Å². The number of nitrogens with two attached hydrogens (primary N) is 2. The zero-order chi connectivity index (χ0) is 31.8. The van der Waals surface area contributed by atoms with E-state index in [-0.39, 0.29) is 34.1 Å². The van der Waals surface area contributed by atoms with Crippen molar-refractivity contribution in [2.75, 3.05) is 24.7 Å². The van der Waals surface area contributed by atoms with Gasteiger partial charge in [-0.2, -0.15) is 4.98 Å². The Morgan fingerprint density at radius 1 is 0.822 bits per heavy atom. The minimum atomic E-state index is -5.09. The van der Waals surface area contributed by atoms with Gasteiger partial charge in [0.25, 0.3) is 5.56 Å². The molecule has 4 bridgehead atoms. The van der Waals surface area contributed by atoms with Crippen molar-refractivity contribution in [2.45, 2.75) is 49.1 Å². The maximum absolute atomic E-state index is 13.2. The van der Waals surface area contributed by atoms with Crippen molar-refractivity contribution in [3.63, 3.8) is 0 Å². The summed E-state index contributed by atoms with van der Waals surface area (Å²) in [6.07, 6.45) is -9.33. The summed E-state index contributed by atoms with van der Waals surface area (Å²) in [5.41, 5.74) is 10.8.